The van der Waals surface area contributed by atoms with E-state index in [2.05, 4.69) is 15.0 Å². The van der Waals surface area contributed by atoms with Gasteiger partial charge in [-0.2, -0.15) is 13.2 Å². The SMILES string of the molecule is Cc1c(OCC(F)(F)F)ccnc1CS(=O)c1nc2c(S(=O)(=O)c3cccc(C(=O)O)c3)cccc2[nH]1.[Na]. The molecule has 0 aliphatic carbocycles. The van der Waals surface area contributed by atoms with Crippen molar-refractivity contribution in [1.29, 1.82) is 0 Å². The molecule has 9 nitrogen and oxygen atoms in total. The molecule has 2 aromatic heterocycles. The molecule has 0 saturated heterocycles. The second-order valence-electron chi connectivity index (χ2n) is 7.81. The van der Waals surface area contributed by atoms with E-state index in [1.807, 2.05) is 0 Å². The molecule has 195 valence electrons. The summed E-state index contributed by atoms with van der Waals surface area (Å²) in [5.74, 6) is -1.57. The summed E-state index contributed by atoms with van der Waals surface area (Å²) in [5, 5.41) is 9.13. The Kier molecular flexibility index (Phi) is 9.04. The maximum atomic E-state index is 13.3. The third-order valence-electron chi connectivity index (χ3n) is 5.27. The number of sulfone groups is 1. The van der Waals surface area contributed by atoms with Gasteiger partial charge in [0, 0.05) is 41.3 Å². The van der Waals surface area contributed by atoms with Crippen LogP contribution in [0.15, 0.2) is 69.7 Å². The van der Waals surface area contributed by atoms with Gasteiger partial charge in [-0.15, -0.1) is 0 Å². The van der Waals surface area contributed by atoms with Gasteiger partial charge in [-0.1, -0.05) is 12.1 Å². The summed E-state index contributed by atoms with van der Waals surface area (Å²) in [6.07, 6.45) is -3.29. The molecular formula is C23H18F3N3NaO6S2. The Hall–Kier alpha value is -2.78. The monoisotopic (exact) mass is 576 g/mol. The fraction of sp³-hybridized carbons (Fsp3) is 0.174. The molecule has 1 radical (unpaired) electrons. The minimum absolute atomic E-state index is 0. The van der Waals surface area contributed by atoms with Crippen molar-refractivity contribution >= 4 is 67.2 Å². The van der Waals surface area contributed by atoms with Gasteiger partial charge in [0.15, 0.2) is 11.8 Å². The number of ether oxygens (including phenoxy) is 1. The maximum absolute atomic E-state index is 13.3. The van der Waals surface area contributed by atoms with Crippen LogP contribution in [0.3, 0.4) is 0 Å². The number of hydrogen-bond donors (Lipinski definition) is 2. The van der Waals surface area contributed by atoms with Crippen molar-refractivity contribution in [2.75, 3.05) is 6.61 Å². The minimum atomic E-state index is -4.53. The van der Waals surface area contributed by atoms with Crippen LogP contribution in [0.5, 0.6) is 5.75 Å². The van der Waals surface area contributed by atoms with E-state index >= 15 is 0 Å². The zero-order chi connectivity index (χ0) is 27.0. The Bertz CT molecular complexity index is 1640. The van der Waals surface area contributed by atoms with E-state index in [1.54, 1.807) is 0 Å². The number of carboxylic acid groups (broad SMARTS) is 1. The van der Waals surface area contributed by atoms with Crippen molar-refractivity contribution < 1.29 is 40.4 Å². The summed E-state index contributed by atoms with van der Waals surface area (Å²) in [4.78, 5) is 21.9. The van der Waals surface area contributed by atoms with Gasteiger partial charge in [0.1, 0.15) is 11.3 Å². The number of aromatic carboxylic acids is 1. The Morgan fingerprint density at radius 2 is 1.87 bits per heavy atom. The first-order valence-corrected chi connectivity index (χ1v) is 13.3. The fourth-order valence-electron chi connectivity index (χ4n) is 3.44. The Labute approximate surface area is 239 Å². The van der Waals surface area contributed by atoms with E-state index < -0.39 is 39.4 Å². The van der Waals surface area contributed by atoms with Crippen LogP contribution in [0.25, 0.3) is 11.0 Å². The Morgan fingerprint density at radius 1 is 1.16 bits per heavy atom. The number of hydrogen-bond acceptors (Lipinski definition) is 7. The number of carbonyl (C=O) groups is 1. The van der Waals surface area contributed by atoms with Crippen molar-refractivity contribution in [1.82, 2.24) is 15.0 Å². The van der Waals surface area contributed by atoms with Gasteiger partial charge >= 0.3 is 12.1 Å². The molecule has 0 bridgehead atoms. The molecule has 0 amide bonds. The molecule has 2 aromatic carbocycles. The summed E-state index contributed by atoms with van der Waals surface area (Å²) in [7, 11) is -6.06. The molecule has 1 unspecified atom stereocenters. The van der Waals surface area contributed by atoms with Crippen molar-refractivity contribution in [2.45, 2.75) is 33.8 Å². The number of carboxylic acids is 1. The smallest absolute Gasteiger partial charge is 0.422 e. The average Bonchev–Trinajstić information content (AvgIpc) is 3.28. The number of nitrogens with one attached hydrogen (secondary N) is 1. The molecule has 0 aliphatic rings. The summed E-state index contributed by atoms with van der Waals surface area (Å²) in [6, 6.07) is 10.4. The van der Waals surface area contributed by atoms with Crippen molar-refractivity contribution in [3.05, 3.63) is 71.5 Å². The molecule has 0 aliphatic heterocycles. The van der Waals surface area contributed by atoms with Gasteiger partial charge < -0.3 is 14.8 Å². The second-order valence-corrected chi connectivity index (χ2v) is 11.1. The number of aromatic amines is 1. The van der Waals surface area contributed by atoms with Crippen LogP contribution in [-0.4, -0.2) is 81.0 Å². The fourth-order valence-corrected chi connectivity index (χ4v) is 6.00. The second kappa shape index (κ2) is 11.5. The van der Waals surface area contributed by atoms with Crippen LogP contribution in [0.2, 0.25) is 0 Å². The summed E-state index contributed by atoms with van der Waals surface area (Å²) < 4.78 is 82.0. The Morgan fingerprint density at radius 3 is 2.55 bits per heavy atom. The van der Waals surface area contributed by atoms with Crippen LogP contribution in [0.4, 0.5) is 13.2 Å². The van der Waals surface area contributed by atoms with Crippen LogP contribution < -0.4 is 4.74 Å². The molecule has 0 spiro atoms. The van der Waals surface area contributed by atoms with Gasteiger partial charge in [0.25, 0.3) is 0 Å². The maximum Gasteiger partial charge on any atom is 0.422 e. The number of rotatable bonds is 8. The van der Waals surface area contributed by atoms with Gasteiger partial charge in [-0.25, -0.2) is 18.2 Å². The first-order chi connectivity index (χ1) is 17.4. The normalized spacial score (nSPS) is 12.6. The number of imidazole rings is 1. The molecule has 38 heavy (non-hydrogen) atoms. The van der Waals surface area contributed by atoms with E-state index in [1.165, 1.54) is 55.6 Å². The zero-order valence-corrected chi connectivity index (χ0v) is 23.6. The summed E-state index contributed by atoms with van der Waals surface area (Å²) in [5.41, 5.74) is 0.556. The average molecular weight is 577 g/mol. The molecule has 2 heterocycles. The molecule has 0 fully saturated rings. The quantitative estimate of drug-likeness (QED) is 0.303. The Balaban J connectivity index is 0.00000400. The minimum Gasteiger partial charge on any atom is -0.484 e. The first-order valence-electron chi connectivity index (χ1n) is 10.5. The largest absolute Gasteiger partial charge is 0.484 e. The van der Waals surface area contributed by atoms with Gasteiger partial charge in [-0.3, -0.25) is 9.19 Å². The number of halogens is 3. The van der Waals surface area contributed by atoms with E-state index in [4.69, 9.17) is 4.74 Å². The number of H-pyrrole nitrogens is 1. The van der Waals surface area contributed by atoms with E-state index in [-0.39, 0.29) is 83.9 Å². The number of alkyl halides is 3. The molecule has 1 atom stereocenters. The number of pyridine rings is 1. The van der Waals surface area contributed by atoms with Gasteiger partial charge in [0.2, 0.25) is 9.84 Å². The topological polar surface area (TPSA) is 139 Å². The number of aromatic nitrogens is 3. The van der Waals surface area contributed by atoms with Crippen molar-refractivity contribution in [2.24, 2.45) is 0 Å². The van der Waals surface area contributed by atoms with Gasteiger partial charge in [-0.05, 0) is 43.3 Å². The van der Waals surface area contributed by atoms with Crippen LogP contribution in [0.1, 0.15) is 21.6 Å². The summed E-state index contributed by atoms with van der Waals surface area (Å²) in [6.45, 7) is -0.00359. The van der Waals surface area contributed by atoms with Crippen LogP contribution in [0, 0.1) is 6.92 Å². The van der Waals surface area contributed by atoms with Crippen LogP contribution >= 0.6 is 0 Å². The van der Waals surface area contributed by atoms with Crippen LogP contribution in [-0.2, 0) is 26.4 Å². The van der Waals surface area contributed by atoms with E-state index in [0.717, 1.165) is 6.07 Å². The number of nitrogens with zero attached hydrogens (tertiary/aromatic N) is 2. The molecule has 4 aromatic rings. The third-order valence-corrected chi connectivity index (χ3v) is 8.21. The third kappa shape index (κ3) is 6.43. The standard InChI is InChI=1S/C23H18F3N3O6S2.Na/c1-13-17(27-9-8-18(13)35-12-23(24,25)26)11-36(32)22-28-16-6-3-7-19(20(16)29-22)37(33,34)15-5-2-4-14(10-15)21(30)31;/h2-10H,11-12H2,1H3,(H,28,29)(H,30,31);. The zero-order valence-electron chi connectivity index (χ0n) is 19.9. The molecular weight excluding hydrogens is 558 g/mol. The molecule has 0 saturated carbocycles. The van der Waals surface area contributed by atoms with Crippen molar-refractivity contribution in [3.8, 4) is 5.75 Å². The number of fused-ring (bicyclic) bond motifs is 1. The predicted octanol–water partition coefficient (Wildman–Crippen LogP) is 3.67. The molecule has 2 N–H and O–H groups in total. The van der Waals surface area contributed by atoms with E-state index in [0.29, 0.717) is 0 Å². The number of benzene rings is 2. The van der Waals surface area contributed by atoms with E-state index in [9.17, 15) is 35.7 Å². The predicted molar refractivity (Wildman–Crippen MR) is 131 cm³/mol. The summed E-state index contributed by atoms with van der Waals surface area (Å²) >= 11 is 0. The van der Waals surface area contributed by atoms with Gasteiger partial charge in [0.05, 0.1) is 43.1 Å². The molecule has 15 heteroatoms. The first kappa shape index (κ1) is 29.8. The molecule has 4 rings (SSSR count). The number of para-hydroxylation sites is 1. The van der Waals surface area contributed by atoms with Crippen molar-refractivity contribution in [3.63, 3.8) is 0 Å².